The van der Waals surface area contributed by atoms with E-state index in [1.807, 2.05) is 56.7 Å². The normalized spacial score (nSPS) is 11.3. The molecule has 2 aromatic heterocycles. The highest BCUT2D eigenvalue weighted by molar-refractivity contribution is 7.99. The van der Waals surface area contributed by atoms with Crippen molar-refractivity contribution >= 4 is 23.4 Å². The minimum atomic E-state index is -0.675. The molecule has 0 aliphatic rings. The predicted octanol–water partition coefficient (Wildman–Crippen LogP) is 2.56. The molecule has 0 saturated carbocycles. The Morgan fingerprint density at radius 2 is 1.94 bits per heavy atom. The molecule has 2 heterocycles. The number of benzene rings is 1. The maximum Gasteiger partial charge on any atom is 0.332 e. The number of hydrogen-bond donors (Lipinski definition) is 1. The zero-order valence-corrected chi connectivity index (χ0v) is 19.2. The highest BCUT2D eigenvalue weighted by Gasteiger charge is 2.22. The molecule has 0 aliphatic heterocycles. The smallest absolute Gasteiger partial charge is 0.332 e. The number of anilines is 1. The van der Waals surface area contributed by atoms with E-state index in [2.05, 4.69) is 4.98 Å². The van der Waals surface area contributed by atoms with Crippen molar-refractivity contribution in [2.24, 2.45) is 13.0 Å². The van der Waals surface area contributed by atoms with Crippen LogP contribution in [0.2, 0.25) is 0 Å². The molecule has 0 fully saturated rings. The van der Waals surface area contributed by atoms with Gasteiger partial charge >= 0.3 is 5.69 Å². The summed E-state index contributed by atoms with van der Waals surface area (Å²) in [6.45, 7) is 8.26. The third-order valence-corrected chi connectivity index (χ3v) is 6.15. The molecule has 0 spiro atoms. The summed E-state index contributed by atoms with van der Waals surface area (Å²) in [5, 5.41) is 0.632. The van der Waals surface area contributed by atoms with E-state index in [1.165, 1.54) is 23.4 Å². The fraction of sp³-hybridized carbons (Fsp3) is 0.364. The zero-order chi connectivity index (χ0) is 22.9. The van der Waals surface area contributed by atoms with E-state index in [4.69, 9.17) is 5.73 Å². The van der Waals surface area contributed by atoms with Gasteiger partial charge in [-0.1, -0.05) is 37.7 Å². The van der Waals surface area contributed by atoms with Gasteiger partial charge in [-0.25, -0.2) is 9.78 Å². The number of nitrogens with zero attached hydrogens (tertiary/aromatic N) is 4. The number of aromatic nitrogens is 4. The van der Waals surface area contributed by atoms with E-state index in [1.54, 1.807) is 6.20 Å². The van der Waals surface area contributed by atoms with Crippen LogP contribution in [0.15, 0.2) is 45.3 Å². The fourth-order valence-corrected chi connectivity index (χ4v) is 4.20. The second-order valence-corrected chi connectivity index (χ2v) is 8.86. The molecule has 0 bridgehead atoms. The Balaban J connectivity index is 1.92. The number of Topliss-reactive ketones (excluding diaryl/α,β-unsaturated/α-hetero) is 1. The molecule has 3 aromatic rings. The molecule has 9 heteroatoms. The lowest BCUT2D eigenvalue weighted by atomic mass is 10.1. The van der Waals surface area contributed by atoms with Crippen LogP contribution in [0, 0.1) is 19.8 Å². The first kappa shape index (κ1) is 22.6. The number of carbonyl (C=O) groups excluding carboxylic acids is 1. The van der Waals surface area contributed by atoms with Crippen LogP contribution in [0.25, 0.3) is 5.69 Å². The molecule has 2 N–H and O–H groups in total. The van der Waals surface area contributed by atoms with E-state index < -0.39 is 17.0 Å². The van der Waals surface area contributed by atoms with Crippen LogP contribution < -0.4 is 17.0 Å². The van der Waals surface area contributed by atoms with Gasteiger partial charge < -0.3 is 5.73 Å². The second kappa shape index (κ2) is 8.97. The van der Waals surface area contributed by atoms with Crippen LogP contribution in [0.3, 0.4) is 0 Å². The molecular formula is C22H27N5O3S. The molecule has 0 atom stereocenters. The van der Waals surface area contributed by atoms with Crippen LogP contribution in [-0.4, -0.2) is 30.2 Å². The lowest BCUT2D eigenvalue weighted by molar-refractivity contribution is 0.102. The van der Waals surface area contributed by atoms with Crippen molar-refractivity contribution in [3.05, 3.63) is 68.1 Å². The minimum absolute atomic E-state index is 0.0266. The lowest BCUT2D eigenvalue weighted by Crippen LogP contribution is -2.43. The average Bonchev–Trinajstić information content (AvgIpc) is 3.18. The summed E-state index contributed by atoms with van der Waals surface area (Å²) in [7, 11) is 1.36. The number of thioether (sulfide) groups is 1. The minimum Gasteiger partial charge on any atom is -0.384 e. The van der Waals surface area contributed by atoms with Gasteiger partial charge in [-0.2, -0.15) is 0 Å². The van der Waals surface area contributed by atoms with Crippen molar-refractivity contribution < 1.29 is 4.79 Å². The maximum absolute atomic E-state index is 13.0. The van der Waals surface area contributed by atoms with Crippen LogP contribution in [0.1, 0.15) is 35.3 Å². The standard InChI is InChI=1S/C22H27N5O3S/c1-13(2)11-27-19(23)18(20(29)25(5)22(27)30)17(28)12-31-21-24-9-10-26(21)16-8-6-7-14(3)15(16)4/h6-10,13H,11-12,23H2,1-5H3. The Morgan fingerprint density at radius 1 is 1.23 bits per heavy atom. The van der Waals surface area contributed by atoms with Gasteiger partial charge in [0.1, 0.15) is 11.4 Å². The van der Waals surface area contributed by atoms with Crippen molar-refractivity contribution in [2.45, 2.75) is 39.4 Å². The zero-order valence-electron chi connectivity index (χ0n) is 18.4. The molecule has 0 unspecified atom stereocenters. The van der Waals surface area contributed by atoms with Crippen LogP contribution in [0.4, 0.5) is 5.82 Å². The van der Waals surface area contributed by atoms with Gasteiger partial charge in [0.15, 0.2) is 10.9 Å². The first-order valence-electron chi connectivity index (χ1n) is 9.98. The lowest BCUT2D eigenvalue weighted by Gasteiger charge is -2.16. The van der Waals surface area contributed by atoms with Crippen molar-refractivity contribution in [3.63, 3.8) is 0 Å². The number of carbonyl (C=O) groups is 1. The molecule has 31 heavy (non-hydrogen) atoms. The topological polar surface area (TPSA) is 105 Å². The molecule has 1 aromatic carbocycles. The van der Waals surface area contributed by atoms with Crippen LogP contribution >= 0.6 is 11.8 Å². The van der Waals surface area contributed by atoms with Gasteiger partial charge in [0, 0.05) is 26.0 Å². The number of ketones is 1. The molecule has 3 rings (SSSR count). The average molecular weight is 442 g/mol. The van der Waals surface area contributed by atoms with E-state index in [0.29, 0.717) is 11.7 Å². The Kier molecular flexibility index (Phi) is 6.54. The van der Waals surface area contributed by atoms with Crippen LogP contribution in [-0.2, 0) is 13.6 Å². The van der Waals surface area contributed by atoms with E-state index in [0.717, 1.165) is 21.4 Å². The van der Waals surface area contributed by atoms with Gasteiger partial charge in [-0.3, -0.25) is 23.3 Å². The van der Waals surface area contributed by atoms with E-state index in [-0.39, 0.29) is 23.1 Å². The highest BCUT2D eigenvalue weighted by Crippen LogP contribution is 2.25. The fourth-order valence-electron chi connectivity index (χ4n) is 3.37. The molecule has 0 aliphatic carbocycles. The summed E-state index contributed by atoms with van der Waals surface area (Å²) < 4.78 is 4.15. The molecule has 164 valence electrons. The number of imidazole rings is 1. The Labute approximate surface area is 184 Å². The molecule has 8 nitrogen and oxygen atoms in total. The summed E-state index contributed by atoms with van der Waals surface area (Å²) in [5.41, 5.74) is 8.01. The van der Waals surface area contributed by atoms with Crippen molar-refractivity contribution in [1.29, 1.82) is 0 Å². The molecule has 0 radical (unpaired) electrons. The first-order chi connectivity index (χ1) is 14.6. The summed E-state index contributed by atoms with van der Waals surface area (Å²) in [5.74, 6) is -0.414. The van der Waals surface area contributed by atoms with Gasteiger partial charge in [-0.05, 0) is 37.0 Å². The largest absolute Gasteiger partial charge is 0.384 e. The van der Waals surface area contributed by atoms with Crippen molar-refractivity contribution in [1.82, 2.24) is 18.7 Å². The monoisotopic (exact) mass is 441 g/mol. The number of hydrogen-bond acceptors (Lipinski definition) is 6. The summed E-state index contributed by atoms with van der Waals surface area (Å²) in [4.78, 5) is 42.4. The highest BCUT2D eigenvalue weighted by atomic mass is 32.2. The van der Waals surface area contributed by atoms with Gasteiger partial charge in [0.2, 0.25) is 0 Å². The van der Waals surface area contributed by atoms with Gasteiger partial charge in [0.25, 0.3) is 5.56 Å². The quantitative estimate of drug-likeness (QED) is 0.446. The number of aryl methyl sites for hydroxylation is 1. The molecule has 0 saturated heterocycles. The van der Waals surface area contributed by atoms with E-state index in [9.17, 15) is 14.4 Å². The second-order valence-electron chi connectivity index (χ2n) is 7.92. The maximum atomic E-state index is 13.0. The van der Waals surface area contributed by atoms with Gasteiger partial charge in [-0.15, -0.1) is 0 Å². The van der Waals surface area contributed by atoms with Gasteiger partial charge in [0.05, 0.1) is 11.4 Å². The predicted molar refractivity (Wildman–Crippen MR) is 123 cm³/mol. The Hall–Kier alpha value is -3.07. The summed E-state index contributed by atoms with van der Waals surface area (Å²) >= 11 is 1.22. The van der Waals surface area contributed by atoms with Crippen LogP contribution in [0.5, 0.6) is 0 Å². The number of rotatable bonds is 7. The SMILES string of the molecule is Cc1cccc(-n2ccnc2SCC(=O)c2c(N)n(CC(C)C)c(=O)n(C)c2=O)c1C. The Bertz CT molecular complexity index is 1250. The third kappa shape index (κ3) is 4.36. The Morgan fingerprint density at radius 3 is 2.61 bits per heavy atom. The molecule has 0 amide bonds. The first-order valence-corrected chi connectivity index (χ1v) is 11.0. The van der Waals surface area contributed by atoms with E-state index >= 15 is 0 Å². The molecular weight excluding hydrogens is 414 g/mol. The van der Waals surface area contributed by atoms with Crippen molar-refractivity contribution in [2.75, 3.05) is 11.5 Å². The number of nitrogen functional groups attached to an aromatic ring is 1. The third-order valence-electron chi connectivity index (χ3n) is 5.18. The van der Waals surface area contributed by atoms with Crippen molar-refractivity contribution in [3.8, 4) is 5.69 Å². The summed E-state index contributed by atoms with van der Waals surface area (Å²) in [6, 6.07) is 6.00. The number of nitrogens with two attached hydrogens (primary N) is 1. The summed E-state index contributed by atoms with van der Waals surface area (Å²) in [6.07, 6.45) is 3.51.